The van der Waals surface area contributed by atoms with Crippen LogP contribution < -0.4 is 0 Å². The molecule has 0 aliphatic carbocycles. The summed E-state index contributed by atoms with van der Waals surface area (Å²) in [5, 5.41) is 8.81. The van der Waals surface area contributed by atoms with Crippen molar-refractivity contribution >= 4 is 0 Å². The van der Waals surface area contributed by atoms with E-state index in [4.69, 9.17) is 14.7 Å². The maximum absolute atomic E-state index is 8.81. The van der Waals surface area contributed by atoms with E-state index in [0.717, 1.165) is 11.1 Å². The molecule has 2 aromatic carbocycles. The molecule has 2 aromatic rings. The first kappa shape index (κ1) is 12.5. The first-order chi connectivity index (χ1) is 9.86. The van der Waals surface area contributed by atoms with Crippen molar-refractivity contribution in [3.8, 4) is 6.07 Å². The van der Waals surface area contributed by atoms with Gasteiger partial charge in [0.15, 0.2) is 0 Å². The largest absolute Gasteiger partial charge is 0.468 e. The van der Waals surface area contributed by atoms with Gasteiger partial charge in [-0.15, -0.1) is 0 Å². The van der Waals surface area contributed by atoms with Crippen LogP contribution in [0.15, 0.2) is 66.9 Å². The molecular weight excluding hydrogens is 250 g/mol. The summed E-state index contributed by atoms with van der Waals surface area (Å²) in [6.45, 7) is 0. The highest BCUT2D eigenvalue weighted by Crippen LogP contribution is 2.32. The summed E-state index contributed by atoms with van der Waals surface area (Å²) < 4.78 is 11.4. The fourth-order valence-corrected chi connectivity index (χ4v) is 2.10. The smallest absolute Gasteiger partial charge is 0.226 e. The molecule has 1 aliphatic heterocycles. The van der Waals surface area contributed by atoms with Crippen LogP contribution >= 0.6 is 0 Å². The molecule has 2 atom stereocenters. The quantitative estimate of drug-likeness (QED) is 0.826. The predicted octanol–water partition coefficient (Wildman–Crippen LogP) is 3.86. The first-order valence-electron chi connectivity index (χ1n) is 6.39. The van der Waals surface area contributed by atoms with Crippen LogP contribution in [-0.2, 0) is 9.47 Å². The van der Waals surface area contributed by atoms with Crippen LogP contribution in [0.25, 0.3) is 0 Å². The Kier molecular flexibility index (Phi) is 3.49. The standard InChI is InChI=1S/C17H13NO2/c18-12-13-6-8-15(9-7-13)17-19-11-10-16(20-17)14-4-2-1-3-5-14/h1-11,16-17H. The zero-order valence-corrected chi connectivity index (χ0v) is 10.8. The molecule has 0 bridgehead atoms. The van der Waals surface area contributed by atoms with Crippen LogP contribution in [-0.4, -0.2) is 0 Å². The maximum Gasteiger partial charge on any atom is 0.226 e. The van der Waals surface area contributed by atoms with Crippen LogP contribution in [0.4, 0.5) is 0 Å². The fraction of sp³-hybridized carbons (Fsp3) is 0.118. The van der Waals surface area contributed by atoms with Crippen molar-refractivity contribution in [2.45, 2.75) is 12.4 Å². The average Bonchev–Trinajstić information content (AvgIpc) is 2.56. The lowest BCUT2D eigenvalue weighted by molar-refractivity contribution is -0.149. The molecule has 0 saturated heterocycles. The van der Waals surface area contributed by atoms with Gasteiger partial charge in [-0.2, -0.15) is 5.26 Å². The van der Waals surface area contributed by atoms with Crippen molar-refractivity contribution in [3.05, 3.63) is 83.6 Å². The highest BCUT2D eigenvalue weighted by molar-refractivity contribution is 5.32. The molecule has 0 radical (unpaired) electrons. The number of rotatable bonds is 2. The van der Waals surface area contributed by atoms with E-state index in [-0.39, 0.29) is 6.10 Å². The second kappa shape index (κ2) is 5.60. The van der Waals surface area contributed by atoms with Gasteiger partial charge < -0.3 is 9.47 Å². The molecule has 3 heteroatoms. The first-order valence-corrected chi connectivity index (χ1v) is 6.39. The Morgan fingerprint density at radius 2 is 1.65 bits per heavy atom. The molecule has 0 fully saturated rings. The summed E-state index contributed by atoms with van der Waals surface area (Å²) in [5.41, 5.74) is 2.61. The van der Waals surface area contributed by atoms with E-state index in [2.05, 4.69) is 6.07 Å². The Morgan fingerprint density at radius 1 is 0.900 bits per heavy atom. The highest BCUT2D eigenvalue weighted by atomic mass is 16.7. The van der Waals surface area contributed by atoms with Gasteiger partial charge in [0, 0.05) is 5.56 Å². The number of hydrogen-bond donors (Lipinski definition) is 0. The lowest BCUT2D eigenvalue weighted by atomic mass is 10.1. The van der Waals surface area contributed by atoms with Crippen molar-refractivity contribution < 1.29 is 9.47 Å². The second-order valence-electron chi connectivity index (χ2n) is 4.50. The van der Waals surface area contributed by atoms with Crippen LogP contribution in [0.3, 0.4) is 0 Å². The van der Waals surface area contributed by atoms with Crippen molar-refractivity contribution in [3.63, 3.8) is 0 Å². The van der Waals surface area contributed by atoms with Gasteiger partial charge in [0.05, 0.1) is 17.9 Å². The lowest BCUT2D eigenvalue weighted by Gasteiger charge is -2.26. The Labute approximate surface area is 117 Å². The fourth-order valence-electron chi connectivity index (χ4n) is 2.10. The van der Waals surface area contributed by atoms with E-state index in [1.807, 2.05) is 48.5 Å². The molecule has 20 heavy (non-hydrogen) atoms. The van der Waals surface area contributed by atoms with Gasteiger partial charge in [-0.25, -0.2) is 0 Å². The summed E-state index contributed by atoms with van der Waals surface area (Å²) >= 11 is 0. The van der Waals surface area contributed by atoms with E-state index in [0.29, 0.717) is 5.56 Å². The third-order valence-electron chi connectivity index (χ3n) is 3.17. The van der Waals surface area contributed by atoms with Crippen LogP contribution in [0.2, 0.25) is 0 Å². The Hall–Kier alpha value is -2.57. The minimum absolute atomic E-state index is 0.120. The van der Waals surface area contributed by atoms with Gasteiger partial charge in [-0.1, -0.05) is 42.5 Å². The highest BCUT2D eigenvalue weighted by Gasteiger charge is 2.22. The van der Waals surface area contributed by atoms with E-state index in [1.165, 1.54) is 0 Å². The molecule has 1 heterocycles. The molecule has 2 unspecified atom stereocenters. The molecular formula is C17H13NO2. The monoisotopic (exact) mass is 263 g/mol. The Balaban J connectivity index is 1.79. The van der Waals surface area contributed by atoms with Gasteiger partial charge in [-0.05, 0) is 23.8 Å². The summed E-state index contributed by atoms with van der Waals surface area (Å²) in [5.74, 6) is 0. The molecule has 0 saturated carbocycles. The zero-order chi connectivity index (χ0) is 13.8. The van der Waals surface area contributed by atoms with Crippen LogP contribution in [0.1, 0.15) is 29.1 Å². The second-order valence-corrected chi connectivity index (χ2v) is 4.50. The topological polar surface area (TPSA) is 42.2 Å². The van der Waals surface area contributed by atoms with Gasteiger partial charge >= 0.3 is 0 Å². The summed E-state index contributed by atoms with van der Waals surface area (Å²) in [4.78, 5) is 0. The molecule has 0 amide bonds. The number of ether oxygens (including phenoxy) is 2. The minimum Gasteiger partial charge on any atom is -0.468 e. The number of nitriles is 1. The normalized spacial score (nSPS) is 20.9. The van der Waals surface area contributed by atoms with Crippen molar-refractivity contribution in [1.29, 1.82) is 5.26 Å². The van der Waals surface area contributed by atoms with Crippen molar-refractivity contribution in [2.24, 2.45) is 0 Å². The Morgan fingerprint density at radius 3 is 2.35 bits per heavy atom. The number of benzene rings is 2. The van der Waals surface area contributed by atoms with Gasteiger partial charge in [-0.3, -0.25) is 0 Å². The van der Waals surface area contributed by atoms with E-state index in [1.54, 1.807) is 18.4 Å². The molecule has 0 N–H and O–H groups in total. The van der Waals surface area contributed by atoms with Gasteiger partial charge in [0.2, 0.25) is 6.29 Å². The average molecular weight is 263 g/mol. The number of hydrogen-bond acceptors (Lipinski definition) is 3. The zero-order valence-electron chi connectivity index (χ0n) is 10.8. The molecule has 0 spiro atoms. The van der Waals surface area contributed by atoms with Crippen molar-refractivity contribution in [2.75, 3.05) is 0 Å². The summed E-state index contributed by atoms with van der Waals surface area (Å²) in [7, 11) is 0. The molecule has 3 nitrogen and oxygen atoms in total. The SMILES string of the molecule is N#Cc1ccc(C2OC=CC(c3ccccc3)O2)cc1. The predicted molar refractivity (Wildman–Crippen MR) is 74.4 cm³/mol. The van der Waals surface area contributed by atoms with E-state index >= 15 is 0 Å². The summed E-state index contributed by atoms with van der Waals surface area (Å²) in [6.07, 6.45) is 2.99. The van der Waals surface area contributed by atoms with Gasteiger partial charge in [0.1, 0.15) is 6.10 Å². The maximum atomic E-state index is 8.81. The van der Waals surface area contributed by atoms with E-state index in [9.17, 15) is 0 Å². The molecule has 3 rings (SSSR count). The Bertz CT molecular complexity index is 641. The third kappa shape index (κ3) is 2.56. The molecule has 0 aromatic heterocycles. The van der Waals surface area contributed by atoms with Crippen LogP contribution in [0, 0.1) is 11.3 Å². The molecule has 1 aliphatic rings. The molecule has 98 valence electrons. The van der Waals surface area contributed by atoms with Crippen LogP contribution in [0.5, 0.6) is 0 Å². The number of nitrogens with zero attached hydrogens (tertiary/aromatic N) is 1. The summed E-state index contributed by atoms with van der Waals surface area (Å²) in [6, 6.07) is 19.3. The van der Waals surface area contributed by atoms with Gasteiger partial charge in [0.25, 0.3) is 0 Å². The van der Waals surface area contributed by atoms with Crippen molar-refractivity contribution in [1.82, 2.24) is 0 Å². The van der Waals surface area contributed by atoms with E-state index < -0.39 is 6.29 Å². The lowest BCUT2D eigenvalue weighted by Crippen LogP contribution is -2.14. The third-order valence-corrected chi connectivity index (χ3v) is 3.17. The minimum atomic E-state index is -0.446.